The van der Waals surface area contributed by atoms with E-state index in [-0.39, 0.29) is 0 Å². The predicted octanol–water partition coefficient (Wildman–Crippen LogP) is 1.72. The molecule has 5 nitrogen and oxygen atoms in total. The number of ether oxygens (including phenoxy) is 2. The van der Waals surface area contributed by atoms with Gasteiger partial charge >= 0.3 is 5.97 Å². The Morgan fingerprint density at radius 2 is 2.14 bits per heavy atom. The van der Waals surface area contributed by atoms with Crippen LogP contribution in [0.5, 0.6) is 0 Å². The Morgan fingerprint density at radius 1 is 1.33 bits per heavy atom. The predicted molar refractivity (Wildman–Crippen MR) is 79.4 cm³/mol. The topological polar surface area (TPSA) is 59.0 Å². The summed E-state index contributed by atoms with van der Waals surface area (Å²) in [5.41, 5.74) is 2.08. The number of carbonyl (C=O) groups is 1. The van der Waals surface area contributed by atoms with Crippen molar-refractivity contribution in [2.24, 2.45) is 0 Å². The average molecular weight is 293 g/mol. The van der Waals surface area contributed by atoms with Crippen molar-refractivity contribution in [1.82, 2.24) is 4.90 Å². The quantitative estimate of drug-likeness (QED) is 0.740. The number of carboxylic acids is 1. The summed E-state index contributed by atoms with van der Waals surface area (Å²) >= 11 is 0. The van der Waals surface area contributed by atoms with Gasteiger partial charge in [-0.2, -0.15) is 0 Å². The molecule has 2 rings (SSSR count). The van der Waals surface area contributed by atoms with Crippen molar-refractivity contribution in [2.75, 3.05) is 40.0 Å². The zero-order valence-electron chi connectivity index (χ0n) is 12.5. The van der Waals surface area contributed by atoms with Gasteiger partial charge in [0.1, 0.15) is 0 Å². The van der Waals surface area contributed by atoms with Crippen LogP contribution in [0, 0.1) is 0 Å². The third-order valence-electron chi connectivity index (χ3n) is 3.76. The molecule has 0 spiro atoms. The largest absolute Gasteiger partial charge is 0.481 e. The lowest BCUT2D eigenvalue weighted by Gasteiger charge is -2.32. The Balaban J connectivity index is 1.85. The molecule has 1 aromatic rings. The molecule has 1 aliphatic heterocycles. The number of fused-ring (bicyclic) bond motifs is 1. The van der Waals surface area contributed by atoms with Crippen LogP contribution < -0.4 is 0 Å². The van der Waals surface area contributed by atoms with E-state index < -0.39 is 11.9 Å². The molecule has 1 aliphatic rings. The highest BCUT2D eigenvalue weighted by molar-refractivity contribution is 5.77. The second-order valence-corrected chi connectivity index (χ2v) is 5.28. The van der Waals surface area contributed by atoms with Crippen molar-refractivity contribution in [3.63, 3.8) is 0 Å². The smallest absolute Gasteiger partial charge is 0.312 e. The lowest BCUT2D eigenvalue weighted by molar-refractivity contribution is -0.139. The Hall–Kier alpha value is -1.43. The fraction of sp³-hybridized carbons (Fsp3) is 0.562. The van der Waals surface area contributed by atoms with Gasteiger partial charge in [-0.15, -0.1) is 0 Å². The third-order valence-corrected chi connectivity index (χ3v) is 3.76. The van der Waals surface area contributed by atoms with Crippen LogP contribution in [0.15, 0.2) is 24.3 Å². The van der Waals surface area contributed by atoms with Crippen LogP contribution in [0.4, 0.5) is 0 Å². The lowest BCUT2D eigenvalue weighted by atomic mass is 9.90. The van der Waals surface area contributed by atoms with Crippen molar-refractivity contribution in [3.05, 3.63) is 35.4 Å². The van der Waals surface area contributed by atoms with Gasteiger partial charge in [0.2, 0.25) is 0 Å². The first-order valence-electron chi connectivity index (χ1n) is 7.32. The number of methoxy groups -OCH3 is 1. The Kier molecular flexibility index (Phi) is 6.17. The zero-order chi connectivity index (χ0) is 15.1. The van der Waals surface area contributed by atoms with Crippen LogP contribution in [0.1, 0.15) is 23.5 Å². The van der Waals surface area contributed by atoms with Gasteiger partial charge in [-0.1, -0.05) is 24.3 Å². The molecule has 1 aromatic carbocycles. The molecule has 0 aromatic heterocycles. The number of nitrogens with zero attached hydrogens (tertiary/aromatic N) is 1. The summed E-state index contributed by atoms with van der Waals surface area (Å²) in [6.45, 7) is 4.14. The molecule has 1 heterocycles. The summed E-state index contributed by atoms with van der Waals surface area (Å²) in [7, 11) is 1.65. The molecule has 0 saturated carbocycles. The van der Waals surface area contributed by atoms with E-state index in [0.717, 1.165) is 30.6 Å². The summed E-state index contributed by atoms with van der Waals surface area (Å²) in [5, 5.41) is 9.41. The van der Waals surface area contributed by atoms with Crippen molar-refractivity contribution in [3.8, 4) is 0 Å². The first kappa shape index (κ1) is 15.9. The molecule has 1 unspecified atom stereocenters. The van der Waals surface area contributed by atoms with Crippen LogP contribution in [-0.2, 0) is 20.8 Å². The number of hydrogen-bond acceptors (Lipinski definition) is 4. The summed E-state index contributed by atoms with van der Waals surface area (Å²) in [4.78, 5) is 13.6. The molecular weight excluding hydrogens is 270 g/mol. The fourth-order valence-electron chi connectivity index (χ4n) is 2.70. The van der Waals surface area contributed by atoms with Crippen LogP contribution >= 0.6 is 0 Å². The van der Waals surface area contributed by atoms with Gasteiger partial charge in [0.15, 0.2) is 0 Å². The van der Waals surface area contributed by atoms with Gasteiger partial charge in [-0.25, -0.2) is 0 Å². The fourth-order valence-corrected chi connectivity index (χ4v) is 2.70. The number of hydrogen-bond donors (Lipinski definition) is 1. The molecular formula is C16H23NO4. The summed E-state index contributed by atoms with van der Waals surface area (Å²) in [6, 6.07) is 7.83. The van der Waals surface area contributed by atoms with Crippen molar-refractivity contribution in [1.29, 1.82) is 0 Å². The lowest BCUT2D eigenvalue weighted by Crippen LogP contribution is -2.37. The first-order chi connectivity index (χ1) is 10.2. The minimum absolute atomic E-state index is 0.427. The van der Waals surface area contributed by atoms with E-state index in [1.807, 2.05) is 24.3 Å². The highest BCUT2D eigenvalue weighted by atomic mass is 16.5. The van der Waals surface area contributed by atoms with Gasteiger partial charge in [-0.3, -0.25) is 9.69 Å². The molecule has 0 amide bonds. The summed E-state index contributed by atoms with van der Waals surface area (Å²) in [5.74, 6) is -1.17. The number of rotatable bonds is 8. The normalized spacial score (nSPS) is 18.4. The highest BCUT2D eigenvalue weighted by Crippen LogP contribution is 2.28. The van der Waals surface area contributed by atoms with Crippen LogP contribution in [0.25, 0.3) is 0 Å². The molecule has 5 heteroatoms. The maximum Gasteiger partial charge on any atom is 0.312 e. The van der Waals surface area contributed by atoms with Crippen molar-refractivity contribution < 1.29 is 19.4 Å². The molecule has 1 N–H and O–H groups in total. The molecule has 1 atom stereocenters. The van der Waals surface area contributed by atoms with E-state index in [1.165, 1.54) is 0 Å². The Labute approximate surface area is 125 Å². The standard InChI is InChI=1S/C16H23NO4/c1-20-9-10-21-8-4-7-17-11-13-5-2-3-6-14(13)15(12-17)16(18)19/h2-3,5-6,15H,4,7-12H2,1H3,(H,18,19). The number of carboxylic acid groups (broad SMARTS) is 1. The van der Waals surface area contributed by atoms with Crippen molar-refractivity contribution >= 4 is 5.97 Å². The minimum Gasteiger partial charge on any atom is -0.481 e. The monoisotopic (exact) mass is 293 g/mol. The van der Waals surface area contributed by atoms with Gasteiger partial charge in [0.25, 0.3) is 0 Å². The van der Waals surface area contributed by atoms with Gasteiger partial charge in [-0.05, 0) is 17.5 Å². The number of aliphatic carboxylic acids is 1. The molecule has 21 heavy (non-hydrogen) atoms. The molecule has 0 aliphatic carbocycles. The minimum atomic E-state index is -0.747. The molecule has 0 fully saturated rings. The van der Waals surface area contributed by atoms with Crippen LogP contribution in [0.2, 0.25) is 0 Å². The van der Waals surface area contributed by atoms with Gasteiger partial charge in [0.05, 0.1) is 19.1 Å². The van der Waals surface area contributed by atoms with Gasteiger partial charge < -0.3 is 14.6 Å². The Bertz CT molecular complexity index is 463. The van der Waals surface area contributed by atoms with E-state index in [2.05, 4.69) is 4.90 Å². The van der Waals surface area contributed by atoms with Crippen molar-refractivity contribution in [2.45, 2.75) is 18.9 Å². The first-order valence-corrected chi connectivity index (χ1v) is 7.32. The maximum absolute atomic E-state index is 11.4. The maximum atomic E-state index is 11.4. The Morgan fingerprint density at radius 3 is 2.90 bits per heavy atom. The van der Waals surface area contributed by atoms with E-state index in [1.54, 1.807) is 7.11 Å². The average Bonchev–Trinajstić information content (AvgIpc) is 2.49. The summed E-state index contributed by atoms with van der Waals surface area (Å²) < 4.78 is 10.4. The van der Waals surface area contributed by atoms with E-state index in [9.17, 15) is 9.90 Å². The molecule has 0 radical (unpaired) electrons. The number of benzene rings is 1. The molecule has 0 bridgehead atoms. The van der Waals surface area contributed by atoms with E-state index in [4.69, 9.17) is 9.47 Å². The molecule has 116 valence electrons. The third kappa shape index (κ3) is 4.52. The van der Waals surface area contributed by atoms with Crippen LogP contribution in [0.3, 0.4) is 0 Å². The highest BCUT2D eigenvalue weighted by Gasteiger charge is 2.29. The zero-order valence-corrected chi connectivity index (χ0v) is 12.5. The second kappa shape index (κ2) is 8.12. The van der Waals surface area contributed by atoms with Crippen LogP contribution in [-0.4, -0.2) is 56.0 Å². The van der Waals surface area contributed by atoms with E-state index >= 15 is 0 Å². The second-order valence-electron chi connectivity index (χ2n) is 5.28. The van der Waals surface area contributed by atoms with E-state index in [0.29, 0.717) is 26.4 Å². The molecule has 0 saturated heterocycles. The summed E-state index contributed by atoms with van der Waals surface area (Å²) in [6.07, 6.45) is 0.901. The SMILES string of the molecule is COCCOCCCN1Cc2ccccc2C(C(=O)O)C1. The van der Waals surface area contributed by atoms with Gasteiger partial charge in [0, 0.05) is 33.4 Å².